The van der Waals surface area contributed by atoms with Gasteiger partial charge >= 0.3 is 0 Å². The number of aliphatic hydroxyl groups is 2. The van der Waals surface area contributed by atoms with E-state index < -0.39 is 12.1 Å². The van der Waals surface area contributed by atoms with Gasteiger partial charge < -0.3 is 15.5 Å². The number of rotatable bonds is 52. The molecule has 0 bridgehead atoms. The van der Waals surface area contributed by atoms with E-state index in [9.17, 15) is 15.0 Å². The molecule has 0 rings (SSSR count). The van der Waals surface area contributed by atoms with Crippen LogP contribution in [0, 0.1) is 0 Å². The number of unbranched alkanes of at least 4 members (excludes halogenated alkanes) is 41. The Labute approximate surface area is 389 Å². The number of hydrogen-bond donors (Lipinski definition) is 3. The number of hydrogen-bond acceptors (Lipinski definition) is 3. The topological polar surface area (TPSA) is 69.6 Å². The molecule has 0 aliphatic rings. The monoisotopic (exact) mass is 870 g/mol. The van der Waals surface area contributed by atoms with E-state index in [0.717, 1.165) is 32.1 Å². The van der Waals surface area contributed by atoms with Crippen LogP contribution in [0.4, 0.5) is 0 Å². The van der Waals surface area contributed by atoms with Crippen LogP contribution in [0.25, 0.3) is 0 Å². The lowest BCUT2D eigenvalue weighted by atomic mass is 10.0. The van der Waals surface area contributed by atoms with E-state index in [1.54, 1.807) is 6.08 Å². The van der Waals surface area contributed by atoms with Crippen molar-refractivity contribution in [2.24, 2.45) is 0 Å². The summed E-state index contributed by atoms with van der Waals surface area (Å²) in [6.45, 7) is 4.34. The van der Waals surface area contributed by atoms with Gasteiger partial charge in [0.05, 0.1) is 18.8 Å². The first kappa shape index (κ1) is 60.6. The van der Waals surface area contributed by atoms with Crippen molar-refractivity contribution in [1.29, 1.82) is 0 Å². The highest BCUT2D eigenvalue weighted by Crippen LogP contribution is 2.17. The van der Waals surface area contributed by atoms with Gasteiger partial charge in [-0.2, -0.15) is 0 Å². The zero-order chi connectivity index (χ0) is 44.9. The second kappa shape index (κ2) is 53.9. The maximum Gasteiger partial charge on any atom is 0.220 e. The smallest absolute Gasteiger partial charge is 0.220 e. The summed E-state index contributed by atoms with van der Waals surface area (Å²) in [5.74, 6) is -0.0601. The lowest BCUT2D eigenvalue weighted by molar-refractivity contribution is -0.123. The molecule has 3 N–H and O–H groups in total. The second-order valence-electron chi connectivity index (χ2n) is 19.4. The van der Waals surface area contributed by atoms with Gasteiger partial charge in [-0.05, 0) is 51.4 Å². The molecule has 0 spiro atoms. The molecule has 0 aromatic rings. The van der Waals surface area contributed by atoms with Crippen LogP contribution in [0.15, 0.2) is 36.5 Å². The summed E-state index contributed by atoms with van der Waals surface area (Å²) in [5, 5.41) is 23.2. The molecule has 0 saturated carbocycles. The van der Waals surface area contributed by atoms with E-state index in [1.165, 1.54) is 257 Å². The Morgan fingerprint density at radius 2 is 0.661 bits per heavy atom. The van der Waals surface area contributed by atoms with Gasteiger partial charge in [0, 0.05) is 6.42 Å². The Hall–Kier alpha value is -1.39. The van der Waals surface area contributed by atoms with Crippen molar-refractivity contribution in [3.05, 3.63) is 36.5 Å². The maximum atomic E-state index is 12.5. The highest BCUT2D eigenvalue weighted by molar-refractivity contribution is 5.76. The molecule has 1 amide bonds. The summed E-state index contributed by atoms with van der Waals surface area (Å²) in [4.78, 5) is 12.5. The van der Waals surface area contributed by atoms with Crippen LogP contribution in [0.2, 0.25) is 0 Å². The molecule has 2 atom stereocenters. The highest BCUT2D eigenvalue weighted by atomic mass is 16.3. The second-order valence-corrected chi connectivity index (χ2v) is 19.4. The average Bonchev–Trinajstić information content (AvgIpc) is 3.28. The molecule has 0 heterocycles. The van der Waals surface area contributed by atoms with Gasteiger partial charge in [-0.25, -0.2) is 0 Å². The van der Waals surface area contributed by atoms with Crippen LogP contribution in [-0.4, -0.2) is 34.9 Å². The molecule has 366 valence electrons. The molecule has 0 aromatic carbocycles. The van der Waals surface area contributed by atoms with Gasteiger partial charge in [0.2, 0.25) is 5.91 Å². The van der Waals surface area contributed by atoms with Crippen LogP contribution in [-0.2, 0) is 4.79 Å². The fourth-order valence-corrected chi connectivity index (χ4v) is 8.80. The molecule has 2 unspecified atom stereocenters. The normalized spacial score (nSPS) is 13.0. The van der Waals surface area contributed by atoms with Crippen LogP contribution in [0.3, 0.4) is 0 Å². The number of carbonyl (C=O) groups excluding carboxylic acids is 1. The fraction of sp³-hybridized carbons (Fsp3) is 0.879. The maximum absolute atomic E-state index is 12.5. The van der Waals surface area contributed by atoms with Crippen LogP contribution in [0.1, 0.15) is 309 Å². The Morgan fingerprint density at radius 1 is 0.387 bits per heavy atom. The molecule has 0 fully saturated rings. The van der Waals surface area contributed by atoms with Crippen molar-refractivity contribution in [3.8, 4) is 0 Å². The van der Waals surface area contributed by atoms with Gasteiger partial charge in [0.15, 0.2) is 0 Å². The van der Waals surface area contributed by atoms with Gasteiger partial charge in [-0.1, -0.05) is 288 Å². The van der Waals surface area contributed by atoms with Crippen LogP contribution in [0.5, 0.6) is 0 Å². The molecule has 0 aliphatic heterocycles. The lowest BCUT2D eigenvalue weighted by Gasteiger charge is -2.20. The van der Waals surface area contributed by atoms with E-state index in [-0.39, 0.29) is 12.5 Å². The zero-order valence-corrected chi connectivity index (χ0v) is 42.2. The summed E-state index contributed by atoms with van der Waals surface area (Å²) in [6, 6.07) is -0.622. The molecule has 0 saturated heterocycles. The zero-order valence-electron chi connectivity index (χ0n) is 42.2. The van der Waals surface area contributed by atoms with Gasteiger partial charge in [-0.15, -0.1) is 0 Å². The summed E-state index contributed by atoms with van der Waals surface area (Å²) >= 11 is 0. The lowest BCUT2D eigenvalue weighted by Crippen LogP contribution is -2.45. The van der Waals surface area contributed by atoms with E-state index >= 15 is 0 Å². The van der Waals surface area contributed by atoms with E-state index in [0.29, 0.717) is 6.42 Å². The summed E-state index contributed by atoms with van der Waals surface area (Å²) < 4.78 is 0. The van der Waals surface area contributed by atoms with E-state index in [1.807, 2.05) is 6.08 Å². The van der Waals surface area contributed by atoms with Crippen molar-refractivity contribution in [2.45, 2.75) is 321 Å². The highest BCUT2D eigenvalue weighted by Gasteiger charge is 2.18. The van der Waals surface area contributed by atoms with Crippen molar-refractivity contribution in [1.82, 2.24) is 5.32 Å². The third-order valence-electron chi connectivity index (χ3n) is 13.1. The quantitative estimate of drug-likeness (QED) is 0.0421. The number of allylic oxidation sites excluding steroid dienone is 5. The molecule has 0 aromatic heterocycles. The summed E-state index contributed by atoms with van der Waals surface area (Å²) in [5.41, 5.74) is 0. The third kappa shape index (κ3) is 49.6. The summed E-state index contributed by atoms with van der Waals surface area (Å²) in [6.07, 6.45) is 73.1. The standard InChI is InChI=1S/C58H111NO3/c1-3-5-7-9-11-13-15-17-19-21-23-24-25-26-27-28-29-30-31-32-33-34-36-38-40-42-44-46-48-50-52-54-58(62)59-56(55-60)57(61)53-51-49-47-45-43-41-39-37-35-22-20-18-16-14-12-10-8-6-4-2/h23-24,26-27,51,53,56-57,60-61H,3-22,25,28-50,52,54-55H2,1-2H3,(H,59,62)/b24-23-,27-26-,53-51+. The number of carbonyl (C=O) groups is 1. The minimum absolute atomic E-state index is 0.0601. The van der Waals surface area contributed by atoms with Crippen molar-refractivity contribution < 1.29 is 15.0 Å². The molecule has 0 aliphatic carbocycles. The number of amides is 1. The van der Waals surface area contributed by atoms with Gasteiger partial charge in [0.1, 0.15) is 0 Å². The minimum Gasteiger partial charge on any atom is -0.394 e. The molecular weight excluding hydrogens is 759 g/mol. The van der Waals surface area contributed by atoms with Gasteiger partial charge in [-0.3, -0.25) is 4.79 Å². The average molecular weight is 871 g/mol. The van der Waals surface area contributed by atoms with E-state index in [4.69, 9.17) is 0 Å². The minimum atomic E-state index is -0.839. The molecule has 62 heavy (non-hydrogen) atoms. The first-order valence-electron chi connectivity index (χ1n) is 28.2. The number of aliphatic hydroxyl groups excluding tert-OH is 2. The fourth-order valence-electron chi connectivity index (χ4n) is 8.80. The van der Waals surface area contributed by atoms with Gasteiger partial charge in [0.25, 0.3) is 0 Å². The molecule has 0 radical (unpaired) electrons. The Kier molecular flexibility index (Phi) is 52.7. The predicted molar refractivity (Wildman–Crippen MR) is 276 cm³/mol. The number of nitrogens with one attached hydrogen (secondary N) is 1. The van der Waals surface area contributed by atoms with Crippen molar-refractivity contribution in [3.63, 3.8) is 0 Å². The molecular formula is C58H111NO3. The molecule has 4 nitrogen and oxygen atoms in total. The first-order chi connectivity index (χ1) is 30.7. The largest absolute Gasteiger partial charge is 0.394 e. The Balaban J connectivity index is 3.47. The van der Waals surface area contributed by atoms with Crippen LogP contribution < -0.4 is 5.32 Å². The summed E-state index contributed by atoms with van der Waals surface area (Å²) in [7, 11) is 0. The third-order valence-corrected chi connectivity index (χ3v) is 13.1. The Morgan fingerprint density at radius 3 is 0.968 bits per heavy atom. The first-order valence-corrected chi connectivity index (χ1v) is 28.2. The van der Waals surface area contributed by atoms with Crippen molar-refractivity contribution >= 4 is 5.91 Å². The predicted octanol–water partition coefficient (Wildman–Crippen LogP) is 18.5. The van der Waals surface area contributed by atoms with E-state index in [2.05, 4.69) is 43.5 Å². The molecule has 4 heteroatoms. The van der Waals surface area contributed by atoms with Crippen molar-refractivity contribution in [2.75, 3.05) is 6.61 Å². The SMILES string of the molecule is CCCCCCCCCCC/C=C\C/C=C\CCCCCCCCCCCCCCCCCC(=O)NC(CO)C(O)/C=C/CCCCCCCCCCCCCCCCCCC. The van der Waals surface area contributed by atoms with Crippen LogP contribution >= 0.6 is 0 Å². The Bertz CT molecular complexity index is 943.